The van der Waals surface area contributed by atoms with E-state index in [-0.39, 0.29) is 11.2 Å². The summed E-state index contributed by atoms with van der Waals surface area (Å²) in [6.45, 7) is 8.89. The SMILES string of the molecule is CC1CC[C@]2(C)[C@H](CCCC23OCCO3)[C@H]1C. The Morgan fingerprint density at radius 1 is 1.00 bits per heavy atom. The Morgan fingerprint density at radius 3 is 2.41 bits per heavy atom. The van der Waals surface area contributed by atoms with Gasteiger partial charge in [-0.25, -0.2) is 0 Å². The summed E-state index contributed by atoms with van der Waals surface area (Å²) in [5.74, 6) is 2.24. The van der Waals surface area contributed by atoms with Gasteiger partial charge in [0.2, 0.25) is 0 Å². The lowest BCUT2D eigenvalue weighted by atomic mass is 9.52. The van der Waals surface area contributed by atoms with E-state index in [1.54, 1.807) is 0 Å². The molecule has 0 bridgehead atoms. The highest BCUT2D eigenvalue weighted by Gasteiger charge is 2.60. The highest BCUT2D eigenvalue weighted by atomic mass is 16.7. The van der Waals surface area contributed by atoms with Crippen molar-refractivity contribution in [1.82, 2.24) is 0 Å². The predicted molar refractivity (Wildman–Crippen MR) is 67.6 cm³/mol. The van der Waals surface area contributed by atoms with Crippen LogP contribution in [0, 0.1) is 23.2 Å². The summed E-state index contributed by atoms with van der Waals surface area (Å²) >= 11 is 0. The quantitative estimate of drug-likeness (QED) is 0.642. The lowest BCUT2D eigenvalue weighted by Crippen LogP contribution is -2.58. The minimum atomic E-state index is -0.232. The van der Waals surface area contributed by atoms with E-state index in [1.807, 2.05) is 0 Å². The summed E-state index contributed by atoms with van der Waals surface area (Å²) in [6.07, 6.45) is 6.38. The highest BCUT2D eigenvalue weighted by Crippen LogP contribution is 2.60. The highest BCUT2D eigenvalue weighted by molar-refractivity contribution is 5.04. The fourth-order valence-corrected chi connectivity index (χ4v) is 4.78. The van der Waals surface area contributed by atoms with Crippen LogP contribution in [0.4, 0.5) is 0 Å². The second-order valence-corrected chi connectivity index (χ2v) is 6.74. The molecule has 1 aliphatic heterocycles. The van der Waals surface area contributed by atoms with Crippen molar-refractivity contribution in [3.63, 3.8) is 0 Å². The Labute approximate surface area is 105 Å². The third-order valence-electron chi connectivity index (χ3n) is 6.11. The van der Waals surface area contributed by atoms with Gasteiger partial charge in [0.15, 0.2) is 5.79 Å². The second-order valence-electron chi connectivity index (χ2n) is 6.74. The van der Waals surface area contributed by atoms with Crippen LogP contribution < -0.4 is 0 Å². The normalized spacial score (nSPS) is 49.2. The third-order valence-corrected chi connectivity index (χ3v) is 6.11. The zero-order valence-corrected chi connectivity index (χ0v) is 11.5. The van der Waals surface area contributed by atoms with Crippen LogP contribution in [0.15, 0.2) is 0 Å². The van der Waals surface area contributed by atoms with Gasteiger partial charge >= 0.3 is 0 Å². The number of hydrogen-bond acceptors (Lipinski definition) is 2. The van der Waals surface area contributed by atoms with Crippen molar-refractivity contribution in [2.75, 3.05) is 13.2 Å². The van der Waals surface area contributed by atoms with Crippen LogP contribution >= 0.6 is 0 Å². The van der Waals surface area contributed by atoms with Crippen molar-refractivity contribution in [1.29, 1.82) is 0 Å². The molecule has 0 aromatic rings. The zero-order chi connectivity index (χ0) is 12.1. The lowest BCUT2D eigenvalue weighted by molar-refractivity contribution is -0.285. The van der Waals surface area contributed by atoms with E-state index in [4.69, 9.17) is 9.47 Å². The molecule has 2 saturated carbocycles. The van der Waals surface area contributed by atoms with Crippen molar-refractivity contribution in [2.24, 2.45) is 23.2 Å². The molecule has 3 rings (SSSR count). The minimum Gasteiger partial charge on any atom is -0.347 e. The third kappa shape index (κ3) is 1.53. The van der Waals surface area contributed by atoms with Gasteiger partial charge in [-0.2, -0.15) is 0 Å². The van der Waals surface area contributed by atoms with Gasteiger partial charge in [-0.15, -0.1) is 0 Å². The summed E-state index contributed by atoms with van der Waals surface area (Å²) in [5.41, 5.74) is 0.258. The molecular formula is C15H26O2. The average molecular weight is 238 g/mol. The summed E-state index contributed by atoms with van der Waals surface area (Å²) in [5, 5.41) is 0. The summed E-state index contributed by atoms with van der Waals surface area (Å²) in [7, 11) is 0. The molecule has 0 aromatic carbocycles. The molecule has 0 N–H and O–H groups in total. The number of rotatable bonds is 0. The van der Waals surface area contributed by atoms with Gasteiger partial charge in [-0.1, -0.05) is 20.8 Å². The fraction of sp³-hybridized carbons (Fsp3) is 1.00. The molecule has 1 saturated heterocycles. The molecule has 2 heteroatoms. The largest absolute Gasteiger partial charge is 0.347 e. The molecule has 0 aromatic heterocycles. The predicted octanol–water partition coefficient (Wildman–Crippen LogP) is 3.60. The van der Waals surface area contributed by atoms with Crippen molar-refractivity contribution >= 4 is 0 Å². The van der Waals surface area contributed by atoms with Crippen molar-refractivity contribution < 1.29 is 9.47 Å². The molecule has 3 fully saturated rings. The molecule has 1 unspecified atom stereocenters. The van der Waals surface area contributed by atoms with Crippen LogP contribution in [0.25, 0.3) is 0 Å². The Kier molecular flexibility index (Phi) is 2.79. The average Bonchev–Trinajstić information content (AvgIpc) is 2.78. The van der Waals surface area contributed by atoms with Crippen LogP contribution in [-0.4, -0.2) is 19.0 Å². The number of ether oxygens (including phenoxy) is 2. The summed E-state index contributed by atoms with van der Waals surface area (Å²) in [6, 6.07) is 0. The van der Waals surface area contributed by atoms with Gasteiger partial charge in [-0.3, -0.25) is 0 Å². The summed E-state index contributed by atoms with van der Waals surface area (Å²) in [4.78, 5) is 0. The molecular weight excluding hydrogens is 212 g/mol. The Morgan fingerprint density at radius 2 is 1.71 bits per heavy atom. The van der Waals surface area contributed by atoms with Crippen molar-refractivity contribution in [2.45, 2.75) is 58.7 Å². The van der Waals surface area contributed by atoms with E-state index in [9.17, 15) is 0 Å². The molecule has 0 amide bonds. The van der Waals surface area contributed by atoms with Gasteiger partial charge in [-0.05, 0) is 43.4 Å². The maximum absolute atomic E-state index is 6.12. The maximum atomic E-state index is 6.12. The van der Waals surface area contributed by atoms with Gasteiger partial charge in [0.05, 0.1) is 13.2 Å². The lowest BCUT2D eigenvalue weighted by Gasteiger charge is -2.58. The van der Waals surface area contributed by atoms with Crippen molar-refractivity contribution in [3.8, 4) is 0 Å². The van der Waals surface area contributed by atoms with Crippen LogP contribution in [0.3, 0.4) is 0 Å². The molecule has 1 spiro atoms. The van der Waals surface area contributed by atoms with Gasteiger partial charge < -0.3 is 9.47 Å². The first-order valence-corrected chi connectivity index (χ1v) is 7.37. The van der Waals surface area contributed by atoms with E-state index in [2.05, 4.69) is 20.8 Å². The van der Waals surface area contributed by atoms with E-state index in [1.165, 1.54) is 25.7 Å². The number of hydrogen-bond donors (Lipinski definition) is 0. The minimum absolute atomic E-state index is 0.232. The Hall–Kier alpha value is -0.0800. The molecule has 17 heavy (non-hydrogen) atoms. The molecule has 2 aliphatic carbocycles. The molecule has 98 valence electrons. The van der Waals surface area contributed by atoms with E-state index in [0.717, 1.165) is 37.4 Å². The van der Waals surface area contributed by atoms with Crippen LogP contribution in [0.2, 0.25) is 0 Å². The van der Waals surface area contributed by atoms with E-state index < -0.39 is 0 Å². The van der Waals surface area contributed by atoms with E-state index >= 15 is 0 Å². The second kappa shape index (κ2) is 3.96. The zero-order valence-electron chi connectivity index (χ0n) is 11.5. The fourth-order valence-electron chi connectivity index (χ4n) is 4.78. The van der Waals surface area contributed by atoms with E-state index in [0.29, 0.717) is 0 Å². The number of fused-ring (bicyclic) bond motifs is 2. The molecule has 0 radical (unpaired) electrons. The first kappa shape index (κ1) is 12.0. The topological polar surface area (TPSA) is 18.5 Å². The van der Waals surface area contributed by atoms with Crippen molar-refractivity contribution in [3.05, 3.63) is 0 Å². The first-order valence-electron chi connectivity index (χ1n) is 7.37. The standard InChI is InChI=1S/C15H26O2/c1-11-6-8-14(3)13(12(11)2)5-4-7-15(14)16-9-10-17-15/h11-13H,4-10H2,1-3H3/t11?,12-,13+,14+/m0/s1. The molecule has 1 heterocycles. The maximum Gasteiger partial charge on any atom is 0.174 e. The van der Waals surface area contributed by atoms with Crippen LogP contribution in [0.1, 0.15) is 52.9 Å². The van der Waals surface area contributed by atoms with Crippen LogP contribution in [0.5, 0.6) is 0 Å². The molecule has 2 nitrogen and oxygen atoms in total. The smallest absolute Gasteiger partial charge is 0.174 e. The van der Waals surface area contributed by atoms with Crippen LogP contribution in [-0.2, 0) is 9.47 Å². The monoisotopic (exact) mass is 238 g/mol. The summed E-state index contributed by atoms with van der Waals surface area (Å²) < 4.78 is 12.2. The van der Waals surface area contributed by atoms with Gasteiger partial charge in [0, 0.05) is 11.8 Å². The molecule has 4 atom stereocenters. The molecule has 3 aliphatic rings. The first-order chi connectivity index (χ1) is 8.09. The van der Waals surface area contributed by atoms with Gasteiger partial charge in [0.25, 0.3) is 0 Å². The van der Waals surface area contributed by atoms with Gasteiger partial charge in [0.1, 0.15) is 0 Å². The Bertz CT molecular complexity index is 295. The Balaban J connectivity index is 1.94.